The second kappa shape index (κ2) is 4.10. The van der Waals surface area contributed by atoms with Crippen molar-refractivity contribution in [2.45, 2.75) is 6.42 Å². The van der Waals surface area contributed by atoms with Crippen molar-refractivity contribution in [1.29, 1.82) is 0 Å². The Morgan fingerprint density at radius 1 is 1.11 bits per heavy atom. The van der Waals surface area contributed by atoms with Gasteiger partial charge in [-0.05, 0) is 18.2 Å². The molecule has 4 nitrogen and oxygen atoms in total. The largest absolute Gasteiger partial charge is 0.456 e. The minimum Gasteiger partial charge on any atom is -0.456 e. The van der Waals surface area contributed by atoms with E-state index in [0.29, 0.717) is 17.7 Å². The molecule has 0 spiro atoms. The standard InChI is InChI=1S/C13H8BrNO3/c14-10-3-1-5-12-8(10)7-9-11(15(16)17)4-2-6-13(9)18-12/h1-6H,7H2. The Hall–Kier alpha value is -1.88. The molecule has 0 N–H and O–H groups in total. The van der Waals surface area contributed by atoms with E-state index < -0.39 is 0 Å². The second-order valence-electron chi connectivity index (χ2n) is 4.01. The van der Waals surface area contributed by atoms with E-state index in [-0.39, 0.29) is 10.6 Å². The molecule has 1 heterocycles. The van der Waals surface area contributed by atoms with E-state index in [1.807, 2.05) is 18.2 Å². The third-order valence-electron chi connectivity index (χ3n) is 2.95. The number of nitro benzene ring substituents is 1. The summed E-state index contributed by atoms with van der Waals surface area (Å²) in [6, 6.07) is 10.5. The Morgan fingerprint density at radius 2 is 1.78 bits per heavy atom. The highest BCUT2D eigenvalue weighted by atomic mass is 79.9. The van der Waals surface area contributed by atoms with Crippen molar-refractivity contribution in [2.24, 2.45) is 0 Å². The van der Waals surface area contributed by atoms with Crippen LogP contribution in [0.25, 0.3) is 0 Å². The Bertz CT molecular complexity index is 655. The lowest BCUT2D eigenvalue weighted by atomic mass is 9.99. The summed E-state index contributed by atoms with van der Waals surface area (Å²) >= 11 is 3.45. The van der Waals surface area contributed by atoms with Crippen molar-refractivity contribution in [3.8, 4) is 11.5 Å². The quantitative estimate of drug-likeness (QED) is 0.503. The van der Waals surface area contributed by atoms with E-state index in [1.54, 1.807) is 12.1 Å². The Labute approximate surface area is 111 Å². The molecule has 90 valence electrons. The molecular weight excluding hydrogens is 298 g/mol. The van der Waals surface area contributed by atoms with Crippen LogP contribution in [0.3, 0.4) is 0 Å². The third kappa shape index (κ3) is 1.67. The molecule has 0 radical (unpaired) electrons. The maximum absolute atomic E-state index is 11.0. The van der Waals surface area contributed by atoms with E-state index >= 15 is 0 Å². The van der Waals surface area contributed by atoms with Crippen LogP contribution < -0.4 is 4.74 Å². The first kappa shape index (κ1) is 11.2. The lowest BCUT2D eigenvalue weighted by Gasteiger charge is -2.20. The predicted octanol–water partition coefficient (Wildman–Crippen LogP) is 4.05. The van der Waals surface area contributed by atoms with Gasteiger partial charge in [-0.15, -0.1) is 0 Å². The van der Waals surface area contributed by atoms with Crippen molar-refractivity contribution in [1.82, 2.24) is 0 Å². The molecule has 3 rings (SSSR count). The molecule has 0 aromatic heterocycles. The molecule has 0 fully saturated rings. The fraction of sp³-hybridized carbons (Fsp3) is 0.0769. The SMILES string of the molecule is O=[N+]([O-])c1cccc2c1Cc1c(Br)cccc1O2. The van der Waals surface area contributed by atoms with E-state index in [4.69, 9.17) is 4.74 Å². The van der Waals surface area contributed by atoms with Crippen molar-refractivity contribution in [2.75, 3.05) is 0 Å². The number of hydrogen-bond acceptors (Lipinski definition) is 3. The number of rotatable bonds is 1. The summed E-state index contributed by atoms with van der Waals surface area (Å²) in [7, 11) is 0. The lowest BCUT2D eigenvalue weighted by Crippen LogP contribution is -2.06. The van der Waals surface area contributed by atoms with E-state index in [1.165, 1.54) is 6.07 Å². The lowest BCUT2D eigenvalue weighted by molar-refractivity contribution is -0.385. The zero-order valence-electron chi connectivity index (χ0n) is 9.22. The molecule has 2 aromatic rings. The molecule has 0 saturated heterocycles. The van der Waals surface area contributed by atoms with Gasteiger partial charge in [-0.25, -0.2) is 0 Å². The summed E-state index contributed by atoms with van der Waals surface area (Å²) in [5, 5.41) is 11.0. The number of nitro groups is 1. The number of halogens is 1. The van der Waals surface area contributed by atoms with E-state index in [0.717, 1.165) is 15.8 Å². The summed E-state index contributed by atoms with van der Waals surface area (Å²) in [4.78, 5) is 10.6. The number of ether oxygens (including phenoxy) is 1. The van der Waals surface area contributed by atoms with Gasteiger partial charge in [0.25, 0.3) is 5.69 Å². The average Bonchev–Trinajstić information content (AvgIpc) is 2.36. The first-order valence-electron chi connectivity index (χ1n) is 5.38. The van der Waals surface area contributed by atoms with Gasteiger partial charge in [-0.2, -0.15) is 0 Å². The molecule has 1 aliphatic heterocycles. The molecular formula is C13H8BrNO3. The van der Waals surface area contributed by atoms with Crippen LogP contribution >= 0.6 is 15.9 Å². The number of fused-ring (bicyclic) bond motifs is 2. The first-order chi connectivity index (χ1) is 8.66. The topological polar surface area (TPSA) is 52.4 Å². The summed E-state index contributed by atoms with van der Waals surface area (Å²) < 4.78 is 6.62. The molecule has 0 amide bonds. The number of nitrogens with zero attached hydrogens (tertiary/aromatic N) is 1. The van der Waals surface area contributed by atoms with E-state index in [9.17, 15) is 10.1 Å². The first-order valence-corrected chi connectivity index (χ1v) is 6.17. The van der Waals surface area contributed by atoms with Crippen molar-refractivity contribution in [3.63, 3.8) is 0 Å². The molecule has 18 heavy (non-hydrogen) atoms. The van der Waals surface area contributed by atoms with Crippen molar-refractivity contribution >= 4 is 21.6 Å². The normalized spacial score (nSPS) is 12.3. The average molecular weight is 306 g/mol. The van der Waals surface area contributed by atoms with Crippen LogP contribution in [0.1, 0.15) is 11.1 Å². The fourth-order valence-corrected chi connectivity index (χ4v) is 2.59. The van der Waals surface area contributed by atoms with Crippen LogP contribution in [0.2, 0.25) is 0 Å². The minimum absolute atomic E-state index is 0.105. The summed E-state index contributed by atoms with van der Waals surface area (Å²) in [6.45, 7) is 0. The van der Waals surface area contributed by atoms with Gasteiger partial charge >= 0.3 is 0 Å². The molecule has 0 atom stereocenters. The van der Waals surface area contributed by atoms with Crippen LogP contribution in [0.4, 0.5) is 5.69 Å². The minimum atomic E-state index is -0.371. The van der Waals surface area contributed by atoms with Gasteiger partial charge in [-0.3, -0.25) is 10.1 Å². The molecule has 0 aliphatic carbocycles. The van der Waals surface area contributed by atoms with Crippen molar-refractivity contribution in [3.05, 3.63) is 62.1 Å². The zero-order valence-corrected chi connectivity index (χ0v) is 10.8. The Kier molecular flexibility index (Phi) is 2.56. The summed E-state index contributed by atoms with van der Waals surface area (Å²) in [6.07, 6.45) is 0.503. The summed E-state index contributed by atoms with van der Waals surface area (Å²) in [5.74, 6) is 1.31. The van der Waals surface area contributed by atoms with E-state index in [2.05, 4.69) is 15.9 Å². The second-order valence-corrected chi connectivity index (χ2v) is 4.86. The molecule has 5 heteroatoms. The number of benzene rings is 2. The molecule has 0 saturated carbocycles. The zero-order chi connectivity index (χ0) is 12.7. The summed E-state index contributed by atoms with van der Waals surface area (Å²) in [5.41, 5.74) is 1.68. The molecule has 1 aliphatic rings. The monoisotopic (exact) mass is 305 g/mol. The van der Waals surface area contributed by atoms with Crippen LogP contribution in [-0.2, 0) is 6.42 Å². The highest BCUT2D eigenvalue weighted by Crippen LogP contribution is 2.42. The predicted molar refractivity (Wildman–Crippen MR) is 70.1 cm³/mol. The van der Waals surface area contributed by atoms with Crippen LogP contribution in [0, 0.1) is 10.1 Å². The van der Waals surface area contributed by atoms with Gasteiger partial charge in [0.05, 0.1) is 10.5 Å². The van der Waals surface area contributed by atoms with Gasteiger partial charge in [0, 0.05) is 22.5 Å². The third-order valence-corrected chi connectivity index (χ3v) is 3.70. The van der Waals surface area contributed by atoms with Crippen LogP contribution in [0.5, 0.6) is 11.5 Å². The van der Waals surface area contributed by atoms with Gasteiger partial charge < -0.3 is 4.74 Å². The maximum atomic E-state index is 11.0. The van der Waals surface area contributed by atoms with Crippen LogP contribution in [0.15, 0.2) is 40.9 Å². The van der Waals surface area contributed by atoms with Gasteiger partial charge in [-0.1, -0.05) is 28.1 Å². The van der Waals surface area contributed by atoms with Crippen LogP contribution in [-0.4, -0.2) is 4.92 Å². The molecule has 0 unspecified atom stereocenters. The highest BCUT2D eigenvalue weighted by Gasteiger charge is 2.25. The van der Waals surface area contributed by atoms with Gasteiger partial charge in [0.15, 0.2) is 0 Å². The Morgan fingerprint density at radius 3 is 2.50 bits per heavy atom. The molecule has 2 aromatic carbocycles. The Balaban J connectivity index is 2.17. The smallest absolute Gasteiger partial charge is 0.276 e. The highest BCUT2D eigenvalue weighted by molar-refractivity contribution is 9.10. The van der Waals surface area contributed by atoms with Gasteiger partial charge in [0.1, 0.15) is 11.5 Å². The number of hydrogen-bond donors (Lipinski definition) is 0. The fourth-order valence-electron chi connectivity index (χ4n) is 2.10. The van der Waals surface area contributed by atoms with Crippen molar-refractivity contribution < 1.29 is 9.66 Å². The van der Waals surface area contributed by atoms with Gasteiger partial charge in [0.2, 0.25) is 0 Å². The molecule has 0 bridgehead atoms. The maximum Gasteiger partial charge on any atom is 0.276 e.